The van der Waals surface area contributed by atoms with Crippen LogP contribution in [0.25, 0.3) is 0 Å². The zero-order valence-corrected chi connectivity index (χ0v) is 10.9. The van der Waals surface area contributed by atoms with Crippen molar-refractivity contribution in [3.05, 3.63) is 84.1 Å². The molecule has 0 spiro atoms. The van der Waals surface area contributed by atoms with Crippen molar-refractivity contribution in [2.45, 2.75) is 13.1 Å². The van der Waals surface area contributed by atoms with Gasteiger partial charge in [-0.05, 0) is 23.4 Å². The van der Waals surface area contributed by atoms with Gasteiger partial charge in [0.1, 0.15) is 0 Å². The van der Waals surface area contributed by atoms with Crippen LogP contribution in [-0.4, -0.2) is 6.21 Å². The van der Waals surface area contributed by atoms with E-state index in [-0.39, 0.29) is 0 Å². The summed E-state index contributed by atoms with van der Waals surface area (Å²) in [5, 5.41) is 3.23. The van der Waals surface area contributed by atoms with E-state index in [4.69, 9.17) is 0 Å². The van der Waals surface area contributed by atoms with Gasteiger partial charge in [0.05, 0.1) is 6.54 Å². The zero-order valence-electron chi connectivity index (χ0n) is 10.9. The van der Waals surface area contributed by atoms with Crippen LogP contribution in [0.1, 0.15) is 11.1 Å². The van der Waals surface area contributed by atoms with Crippen molar-refractivity contribution in [2.24, 2.45) is 4.99 Å². The zero-order chi connectivity index (χ0) is 13.2. The first-order chi connectivity index (χ1) is 9.45. The maximum absolute atomic E-state index is 4.33. The second kappa shape index (κ2) is 7.88. The predicted molar refractivity (Wildman–Crippen MR) is 81.1 cm³/mol. The molecule has 2 aromatic rings. The van der Waals surface area contributed by atoms with Crippen molar-refractivity contribution in [3.8, 4) is 0 Å². The molecule has 0 aromatic heterocycles. The Morgan fingerprint density at radius 2 is 1.47 bits per heavy atom. The molecule has 1 N–H and O–H groups in total. The van der Waals surface area contributed by atoms with Gasteiger partial charge in [0.2, 0.25) is 0 Å². The number of hydrogen-bond donors (Lipinski definition) is 1. The monoisotopic (exact) mass is 250 g/mol. The molecule has 0 heterocycles. The molecule has 2 heteroatoms. The van der Waals surface area contributed by atoms with Gasteiger partial charge in [0, 0.05) is 12.8 Å². The summed E-state index contributed by atoms with van der Waals surface area (Å²) in [5.74, 6) is 0. The third kappa shape index (κ3) is 5.21. The summed E-state index contributed by atoms with van der Waals surface area (Å²) in [6.07, 6.45) is 5.67. The Hall–Kier alpha value is -2.35. The summed E-state index contributed by atoms with van der Waals surface area (Å²) in [6.45, 7) is 1.56. The highest BCUT2D eigenvalue weighted by molar-refractivity contribution is 5.70. The Morgan fingerprint density at radius 3 is 2.16 bits per heavy atom. The quantitative estimate of drug-likeness (QED) is 0.779. The number of allylic oxidation sites excluding steroid dienone is 1. The van der Waals surface area contributed by atoms with Crippen molar-refractivity contribution >= 4 is 6.21 Å². The Kier molecular flexibility index (Phi) is 5.43. The summed E-state index contributed by atoms with van der Waals surface area (Å²) < 4.78 is 0. The summed E-state index contributed by atoms with van der Waals surface area (Å²) >= 11 is 0. The van der Waals surface area contributed by atoms with E-state index in [1.165, 1.54) is 11.1 Å². The predicted octanol–water partition coefficient (Wildman–Crippen LogP) is 3.56. The van der Waals surface area contributed by atoms with Crippen molar-refractivity contribution in [2.75, 3.05) is 0 Å². The van der Waals surface area contributed by atoms with Gasteiger partial charge in [-0.3, -0.25) is 4.99 Å². The van der Waals surface area contributed by atoms with Crippen LogP contribution in [0.4, 0.5) is 0 Å². The topological polar surface area (TPSA) is 24.4 Å². The van der Waals surface area contributed by atoms with Crippen molar-refractivity contribution in [3.63, 3.8) is 0 Å². The third-order valence-corrected chi connectivity index (χ3v) is 2.67. The van der Waals surface area contributed by atoms with Crippen molar-refractivity contribution in [1.82, 2.24) is 5.32 Å². The molecule has 19 heavy (non-hydrogen) atoms. The summed E-state index contributed by atoms with van der Waals surface area (Å²) in [7, 11) is 0. The fourth-order valence-electron chi connectivity index (χ4n) is 1.69. The minimum Gasteiger partial charge on any atom is -0.387 e. The standard InChI is InChI=1S/C17H18N2/c1-3-8-16(9-4-1)14-18-12-7-13-19-15-17-10-5-2-6-11-17/h1-13,18H,14-15H2/b12-7-,19-13?. The number of aliphatic imine (C=N–C) groups is 1. The van der Waals surface area contributed by atoms with E-state index in [2.05, 4.69) is 34.6 Å². The smallest absolute Gasteiger partial charge is 0.0639 e. The lowest BCUT2D eigenvalue weighted by Gasteiger charge is -1.99. The molecule has 0 aliphatic heterocycles. The fourth-order valence-corrected chi connectivity index (χ4v) is 1.69. The van der Waals surface area contributed by atoms with Gasteiger partial charge in [0.25, 0.3) is 0 Å². The molecule has 0 aliphatic carbocycles. The maximum Gasteiger partial charge on any atom is 0.0639 e. The summed E-state index contributed by atoms with van der Waals surface area (Å²) in [4.78, 5) is 4.33. The van der Waals surface area contributed by atoms with Crippen molar-refractivity contribution in [1.29, 1.82) is 0 Å². The van der Waals surface area contributed by atoms with Gasteiger partial charge in [-0.1, -0.05) is 60.7 Å². The fraction of sp³-hybridized carbons (Fsp3) is 0.118. The van der Waals surface area contributed by atoms with Crippen LogP contribution in [0.2, 0.25) is 0 Å². The van der Waals surface area contributed by atoms with Crippen LogP contribution < -0.4 is 5.32 Å². The van der Waals surface area contributed by atoms with Gasteiger partial charge >= 0.3 is 0 Å². The van der Waals surface area contributed by atoms with Crippen LogP contribution >= 0.6 is 0 Å². The van der Waals surface area contributed by atoms with Gasteiger partial charge in [-0.25, -0.2) is 0 Å². The molecule has 2 aromatic carbocycles. The highest BCUT2D eigenvalue weighted by atomic mass is 14.8. The minimum absolute atomic E-state index is 0.726. The van der Waals surface area contributed by atoms with E-state index >= 15 is 0 Å². The van der Waals surface area contributed by atoms with E-state index < -0.39 is 0 Å². The molecule has 0 aliphatic rings. The van der Waals surface area contributed by atoms with Crippen LogP contribution in [0.5, 0.6) is 0 Å². The molecule has 2 nitrogen and oxygen atoms in total. The molecule has 0 atom stereocenters. The lowest BCUT2D eigenvalue weighted by atomic mass is 10.2. The first-order valence-electron chi connectivity index (χ1n) is 6.41. The lowest BCUT2D eigenvalue weighted by Crippen LogP contribution is -2.03. The molecule has 96 valence electrons. The highest BCUT2D eigenvalue weighted by Gasteiger charge is 1.86. The molecule has 0 fully saturated rings. The first kappa shape index (κ1) is 13.1. The van der Waals surface area contributed by atoms with Crippen molar-refractivity contribution < 1.29 is 0 Å². The third-order valence-electron chi connectivity index (χ3n) is 2.67. The molecule has 0 unspecified atom stereocenters. The summed E-state index contributed by atoms with van der Waals surface area (Å²) in [6, 6.07) is 20.5. The summed E-state index contributed by atoms with van der Waals surface area (Å²) in [5.41, 5.74) is 2.50. The number of benzene rings is 2. The van der Waals surface area contributed by atoms with E-state index in [0.717, 1.165) is 13.1 Å². The Balaban J connectivity index is 1.66. The largest absolute Gasteiger partial charge is 0.387 e. The lowest BCUT2D eigenvalue weighted by molar-refractivity contribution is 0.871. The van der Waals surface area contributed by atoms with Crippen LogP contribution in [0, 0.1) is 0 Å². The van der Waals surface area contributed by atoms with E-state index in [1.807, 2.05) is 54.9 Å². The SMILES string of the molecule is C(/C=C\NCc1ccccc1)=NCc1ccccc1. The van der Waals surface area contributed by atoms with Crippen LogP contribution in [0.3, 0.4) is 0 Å². The average Bonchev–Trinajstić information content (AvgIpc) is 2.48. The van der Waals surface area contributed by atoms with E-state index in [9.17, 15) is 0 Å². The Morgan fingerprint density at radius 1 is 0.842 bits per heavy atom. The molecule has 0 saturated heterocycles. The second-order valence-corrected chi connectivity index (χ2v) is 4.20. The Bertz CT molecular complexity index is 515. The van der Waals surface area contributed by atoms with E-state index in [0.29, 0.717) is 0 Å². The molecule has 0 bridgehead atoms. The van der Waals surface area contributed by atoms with Gasteiger partial charge < -0.3 is 5.32 Å². The normalized spacial score (nSPS) is 11.2. The molecule has 0 radical (unpaired) electrons. The number of hydrogen-bond acceptors (Lipinski definition) is 2. The number of nitrogens with zero attached hydrogens (tertiary/aromatic N) is 1. The molecular formula is C17H18N2. The van der Waals surface area contributed by atoms with Gasteiger partial charge in [-0.2, -0.15) is 0 Å². The second-order valence-electron chi connectivity index (χ2n) is 4.20. The van der Waals surface area contributed by atoms with Gasteiger partial charge in [-0.15, -0.1) is 0 Å². The first-order valence-corrected chi connectivity index (χ1v) is 6.41. The van der Waals surface area contributed by atoms with Gasteiger partial charge in [0.15, 0.2) is 0 Å². The van der Waals surface area contributed by atoms with Crippen LogP contribution in [-0.2, 0) is 13.1 Å². The highest BCUT2D eigenvalue weighted by Crippen LogP contribution is 1.99. The van der Waals surface area contributed by atoms with E-state index in [1.54, 1.807) is 0 Å². The minimum atomic E-state index is 0.726. The molecule has 0 amide bonds. The Labute approximate surface area is 114 Å². The molecule has 0 saturated carbocycles. The maximum atomic E-state index is 4.33. The average molecular weight is 250 g/mol. The number of nitrogens with one attached hydrogen (secondary N) is 1. The molecule has 2 rings (SSSR count). The molecular weight excluding hydrogens is 232 g/mol. The number of rotatable bonds is 6. The van der Waals surface area contributed by atoms with Crippen LogP contribution in [0.15, 0.2) is 77.9 Å².